The van der Waals surface area contributed by atoms with Crippen LogP contribution >= 0.6 is 0 Å². The number of benzene rings is 1. The lowest BCUT2D eigenvalue weighted by atomic mass is 9.84. The summed E-state index contributed by atoms with van der Waals surface area (Å²) in [6.45, 7) is 2.12. The number of fused-ring (bicyclic) bond motifs is 2. The van der Waals surface area contributed by atoms with E-state index < -0.39 is 0 Å². The van der Waals surface area contributed by atoms with E-state index in [9.17, 15) is 4.79 Å². The van der Waals surface area contributed by atoms with Gasteiger partial charge in [-0.3, -0.25) is 4.79 Å². The summed E-state index contributed by atoms with van der Waals surface area (Å²) in [5.74, 6) is 2.70. The molecule has 4 unspecified atom stereocenters. The number of nitrogens with two attached hydrogens (primary N) is 1. The highest BCUT2D eigenvalue weighted by Crippen LogP contribution is 2.49. The molecule has 4 nitrogen and oxygen atoms in total. The predicted octanol–water partition coefficient (Wildman–Crippen LogP) is 2.83. The topological polar surface area (TPSA) is 64.3 Å². The fraction of sp³-hybridized carbons (Fsp3) is 0.588. The first-order valence-electron chi connectivity index (χ1n) is 7.83. The summed E-state index contributed by atoms with van der Waals surface area (Å²) in [6.07, 6.45) is 5.31. The maximum absolute atomic E-state index is 12.5. The number of nitrogen functional groups attached to an aromatic ring is 1. The van der Waals surface area contributed by atoms with Gasteiger partial charge in [0.1, 0.15) is 11.3 Å². The van der Waals surface area contributed by atoms with Gasteiger partial charge >= 0.3 is 0 Å². The van der Waals surface area contributed by atoms with Crippen molar-refractivity contribution >= 4 is 11.6 Å². The van der Waals surface area contributed by atoms with Crippen LogP contribution in [-0.4, -0.2) is 19.1 Å². The molecule has 0 aromatic heterocycles. The van der Waals surface area contributed by atoms with E-state index in [1.165, 1.54) is 25.7 Å². The second kappa shape index (κ2) is 5.58. The third kappa shape index (κ3) is 2.59. The van der Waals surface area contributed by atoms with Gasteiger partial charge in [0.2, 0.25) is 0 Å². The first-order chi connectivity index (χ1) is 10.1. The third-order valence-corrected chi connectivity index (χ3v) is 5.30. The van der Waals surface area contributed by atoms with Crippen molar-refractivity contribution in [2.45, 2.75) is 38.6 Å². The SMILES string of the molecule is COc1cccc(N)c1C(=O)NC(C)C1CC2CCC1C2. The van der Waals surface area contributed by atoms with Crippen LogP contribution in [0.3, 0.4) is 0 Å². The molecule has 0 radical (unpaired) electrons. The summed E-state index contributed by atoms with van der Waals surface area (Å²) in [7, 11) is 1.56. The molecule has 0 spiro atoms. The zero-order chi connectivity index (χ0) is 15.0. The van der Waals surface area contributed by atoms with Crippen molar-refractivity contribution in [1.82, 2.24) is 5.32 Å². The van der Waals surface area contributed by atoms with Crippen LogP contribution in [-0.2, 0) is 0 Å². The molecule has 2 saturated carbocycles. The average Bonchev–Trinajstić information content (AvgIpc) is 3.09. The minimum atomic E-state index is -0.125. The quantitative estimate of drug-likeness (QED) is 0.837. The van der Waals surface area contributed by atoms with Crippen molar-refractivity contribution in [3.8, 4) is 5.75 Å². The Morgan fingerprint density at radius 2 is 2.19 bits per heavy atom. The highest BCUT2D eigenvalue weighted by atomic mass is 16.5. The zero-order valence-corrected chi connectivity index (χ0v) is 12.8. The molecule has 2 aliphatic carbocycles. The molecule has 4 heteroatoms. The number of anilines is 1. The van der Waals surface area contributed by atoms with Gasteiger partial charge in [0.15, 0.2) is 0 Å². The number of hydrogen-bond acceptors (Lipinski definition) is 3. The first-order valence-corrected chi connectivity index (χ1v) is 7.83. The molecule has 2 aliphatic rings. The van der Waals surface area contributed by atoms with Crippen LogP contribution in [0.2, 0.25) is 0 Å². The normalized spacial score (nSPS) is 28.4. The van der Waals surface area contributed by atoms with Gasteiger partial charge in [0.25, 0.3) is 5.91 Å². The van der Waals surface area contributed by atoms with Gasteiger partial charge in [0, 0.05) is 11.7 Å². The van der Waals surface area contributed by atoms with E-state index in [4.69, 9.17) is 10.5 Å². The lowest BCUT2D eigenvalue weighted by molar-refractivity contribution is 0.0913. The Kier molecular flexibility index (Phi) is 3.79. The van der Waals surface area contributed by atoms with Crippen molar-refractivity contribution in [2.75, 3.05) is 12.8 Å². The molecule has 21 heavy (non-hydrogen) atoms. The monoisotopic (exact) mass is 288 g/mol. The Hall–Kier alpha value is -1.71. The molecular formula is C17H24N2O2. The van der Waals surface area contributed by atoms with E-state index in [0.29, 0.717) is 22.9 Å². The lowest BCUT2D eigenvalue weighted by Gasteiger charge is -2.28. The van der Waals surface area contributed by atoms with E-state index in [1.54, 1.807) is 25.3 Å². The van der Waals surface area contributed by atoms with Crippen LogP contribution in [0.25, 0.3) is 0 Å². The van der Waals surface area contributed by atoms with Crippen molar-refractivity contribution in [2.24, 2.45) is 17.8 Å². The molecule has 2 bridgehead atoms. The summed E-state index contributed by atoms with van der Waals surface area (Å²) >= 11 is 0. The number of rotatable bonds is 4. The highest BCUT2D eigenvalue weighted by Gasteiger charge is 2.42. The number of carbonyl (C=O) groups excluding carboxylic acids is 1. The van der Waals surface area contributed by atoms with Gasteiger partial charge in [-0.2, -0.15) is 0 Å². The van der Waals surface area contributed by atoms with Gasteiger partial charge in [-0.05, 0) is 56.1 Å². The number of methoxy groups -OCH3 is 1. The van der Waals surface area contributed by atoms with Crippen molar-refractivity contribution in [1.29, 1.82) is 0 Å². The lowest BCUT2D eigenvalue weighted by Crippen LogP contribution is -2.40. The standard InChI is InChI=1S/C17H24N2O2/c1-10(13-9-11-6-7-12(13)8-11)19-17(20)16-14(18)4-3-5-15(16)21-2/h3-5,10-13H,6-9,18H2,1-2H3,(H,19,20). The van der Waals surface area contributed by atoms with Crippen LogP contribution in [0.1, 0.15) is 43.0 Å². The zero-order valence-electron chi connectivity index (χ0n) is 12.8. The molecule has 3 N–H and O–H groups in total. The van der Waals surface area contributed by atoms with E-state index >= 15 is 0 Å². The molecule has 4 atom stereocenters. The smallest absolute Gasteiger partial charge is 0.257 e. The minimum Gasteiger partial charge on any atom is -0.496 e. The number of hydrogen-bond donors (Lipinski definition) is 2. The maximum Gasteiger partial charge on any atom is 0.257 e. The molecule has 3 rings (SSSR count). The molecule has 1 aromatic carbocycles. The third-order valence-electron chi connectivity index (χ3n) is 5.30. The molecule has 2 fully saturated rings. The second-order valence-electron chi connectivity index (χ2n) is 6.53. The molecule has 1 amide bonds. The molecule has 114 valence electrons. The fourth-order valence-electron chi connectivity index (χ4n) is 4.25. The van der Waals surface area contributed by atoms with Gasteiger partial charge in [0.05, 0.1) is 7.11 Å². The molecule has 0 saturated heterocycles. The van der Waals surface area contributed by atoms with E-state index in [0.717, 1.165) is 11.8 Å². The van der Waals surface area contributed by atoms with Crippen molar-refractivity contribution in [3.05, 3.63) is 23.8 Å². The van der Waals surface area contributed by atoms with E-state index in [1.807, 2.05) is 0 Å². The van der Waals surface area contributed by atoms with Crippen molar-refractivity contribution < 1.29 is 9.53 Å². The molecule has 0 aliphatic heterocycles. The summed E-state index contributed by atoms with van der Waals surface area (Å²) in [5.41, 5.74) is 6.87. The Morgan fingerprint density at radius 3 is 2.81 bits per heavy atom. The van der Waals surface area contributed by atoms with Crippen LogP contribution in [0.4, 0.5) is 5.69 Å². The number of carbonyl (C=O) groups is 1. The summed E-state index contributed by atoms with van der Waals surface area (Å²) in [4.78, 5) is 12.5. The van der Waals surface area contributed by atoms with E-state index in [2.05, 4.69) is 12.2 Å². The van der Waals surface area contributed by atoms with Crippen molar-refractivity contribution in [3.63, 3.8) is 0 Å². The summed E-state index contributed by atoms with van der Waals surface area (Å²) < 4.78 is 5.26. The Labute approximate surface area is 126 Å². The average molecular weight is 288 g/mol. The highest BCUT2D eigenvalue weighted by molar-refractivity contribution is 6.02. The minimum absolute atomic E-state index is 0.125. The van der Waals surface area contributed by atoms with Gasteiger partial charge in [-0.15, -0.1) is 0 Å². The Morgan fingerprint density at radius 1 is 1.38 bits per heavy atom. The summed E-state index contributed by atoms with van der Waals surface area (Å²) in [6, 6.07) is 5.49. The van der Waals surface area contributed by atoms with Crippen LogP contribution in [0.5, 0.6) is 5.75 Å². The van der Waals surface area contributed by atoms with Crippen LogP contribution in [0, 0.1) is 17.8 Å². The first kappa shape index (κ1) is 14.2. The summed E-state index contributed by atoms with van der Waals surface area (Å²) in [5, 5.41) is 3.14. The Bertz CT molecular complexity index is 544. The van der Waals surface area contributed by atoms with Gasteiger partial charge in [-0.25, -0.2) is 0 Å². The predicted molar refractivity (Wildman–Crippen MR) is 83.3 cm³/mol. The molecule has 1 aromatic rings. The van der Waals surface area contributed by atoms with Crippen LogP contribution < -0.4 is 15.8 Å². The second-order valence-corrected chi connectivity index (χ2v) is 6.53. The van der Waals surface area contributed by atoms with Gasteiger partial charge in [-0.1, -0.05) is 12.5 Å². The number of amides is 1. The van der Waals surface area contributed by atoms with Gasteiger partial charge < -0.3 is 15.8 Å². The fourth-order valence-corrected chi connectivity index (χ4v) is 4.25. The molecule has 0 heterocycles. The number of ether oxygens (including phenoxy) is 1. The van der Waals surface area contributed by atoms with Crippen LogP contribution in [0.15, 0.2) is 18.2 Å². The number of nitrogens with one attached hydrogen (secondary N) is 1. The largest absolute Gasteiger partial charge is 0.496 e. The Balaban J connectivity index is 1.72. The maximum atomic E-state index is 12.5. The van der Waals surface area contributed by atoms with E-state index in [-0.39, 0.29) is 11.9 Å². The molecular weight excluding hydrogens is 264 g/mol.